The average Bonchev–Trinajstić information content (AvgIpc) is 2.82. The second-order valence-corrected chi connectivity index (χ2v) is 15.2. The van der Waals surface area contributed by atoms with E-state index in [1.165, 1.54) is 84.0 Å². The zero-order valence-electron chi connectivity index (χ0n) is 25.9. The summed E-state index contributed by atoms with van der Waals surface area (Å²) in [7, 11) is 4.00. The van der Waals surface area contributed by atoms with Crippen LogP contribution in [-0.2, 0) is 24.3 Å². The van der Waals surface area contributed by atoms with Gasteiger partial charge in [-0.1, -0.05) is 113 Å². The Bertz CT molecular complexity index is 690. The summed E-state index contributed by atoms with van der Waals surface area (Å²) in [5, 5.41) is 0. The summed E-state index contributed by atoms with van der Waals surface area (Å²) in [6, 6.07) is 0. The Morgan fingerprint density at radius 3 is 1.77 bits per heavy atom. The fraction of sp³-hybridized carbons (Fsp3) is 0.966. The zero-order valence-corrected chi connectivity index (χ0v) is 31.0. The van der Waals surface area contributed by atoms with Crippen molar-refractivity contribution in [3.8, 4) is 0 Å². The highest BCUT2D eigenvalue weighted by Crippen LogP contribution is 2.18. The Morgan fingerprint density at radius 2 is 1.33 bits per heavy atom. The number of rotatable bonds is 26. The minimum atomic E-state index is -3.67. The van der Waals surface area contributed by atoms with Crippen LogP contribution in [0.2, 0.25) is 0 Å². The SMILES string of the molecule is CCCCCCCCCCCCCCCC(I)OCC(COC)CN(C(C)=O)S(=O)(=O)CCC[N+](C)(C)C.[I-]. The van der Waals surface area contributed by atoms with Crippen LogP contribution in [0.1, 0.15) is 110 Å². The van der Waals surface area contributed by atoms with Crippen LogP contribution in [0.15, 0.2) is 0 Å². The van der Waals surface area contributed by atoms with Gasteiger partial charge in [0, 0.05) is 32.9 Å². The number of alkyl halides is 1. The number of sulfonamides is 1. The standard InChI is InChI=1S/C29H60IN2O5S.HI/c1-7-8-9-10-11-12-13-14-15-16-17-18-19-21-29(30)37-26-28(25-36-6)24-31(27(2)33)38(34,35)23-20-22-32(3,4)5;/h28-29H,7-26H2,1-6H3;1H/q+1;/p-1. The van der Waals surface area contributed by atoms with Crippen LogP contribution in [0.4, 0.5) is 0 Å². The van der Waals surface area contributed by atoms with E-state index in [0.29, 0.717) is 24.1 Å². The topological polar surface area (TPSA) is 72.9 Å². The summed E-state index contributed by atoms with van der Waals surface area (Å²) < 4.78 is 39.0. The van der Waals surface area contributed by atoms with Crippen molar-refractivity contribution in [2.45, 2.75) is 114 Å². The zero-order chi connectivity index (χ0) is 28.9. The van der Waals surface area contributed by atoms with Gasteiger partial charge in [0.05, 0.1) is 46.7 Å². The molecular weight excluding hydrogens is 742 g/mol. The van der Waals surface area contributed by atoms with E-state index in [9.17, 15) is 13.2 Å². The lowest BCUT2D eigenvalue weighted by Crippen LogP contribution is -3.00. The number of methoxy groups -OCH3 is 1. The van der Waals surface area contributed by atoms with E-state index >= 15 is 0 Å². The average molecular weight is 803 g/mol. The number of nitrogens with zero attached hydrogens (tertiary/aromatic N) is 2. The number of carbonyl (C=O) groups excluding carboxylic acids is 1. The smallest absolute Gasteiger partial charge is 0.237 e. The van der Waals surface area contributed by atoms with Crippen molar-refractivity contribution in [3.05, 3.63) is 0 Å². The minimum Gasteiger partial charge on any atom is -1.00 e. The Morgan fingerprint density at radius 1 is 0.846 bits per heavy atom. The summed E-state index contributed by atoms with van der Waals surface area (Å²) in [6.07, 6.45) is 18.9. The van der Waals surface area contributed by atoms with Crippen LogP contribution >= 0.6 is 22.6 Å². The third-order valence-electron chi connectivity index (χ3n) is 6.79. The lowest BCUT2D eigenvalue weighted by molar-refractivity contribution is -0.870. The molecule has 0 rings (SSSR count). The van der Waals surface area contributed by atoms with E-state index in [4.69, 9.17) is 9.47 Å². The largest absolute Gasteiger partial charge is 1.00 e. The van der Waals surface area contributed by atoms with Crippen molar-refractivity contribution in [1.82, 2.24) is 4.31 Å². The molecule has 0 aliphatic heterocycles. The van der Waals surface area contributed by atoms with E-state index in [1.807, 2.05) is 21.1 Å². The molecule has 0 aromatic heterocycles. The van der Waals surface area contributed by atoms with Gasteiger partial charge in [0.15, 0.2) is 0 Å². The second-order valence-electron chi connectivity index (χ2n) is 11.8. The van der Waals surface area contributed by atoms with Crippen molar-refractivity contribution in [2.24, 2.45) is 5.92 Å². The maximum Gasteiger partial charge on any atom is 0.237 e. The quantitative estimate of drug-likeness (QED) is 0.0577. The fourth-order valence-corrected chi connectivity index (χ4v) is 6.73. The van der Waals surface area contributed by atoms with Crippen LogP contribution in [0.5, 0.6) is 0 Å². The lowest BCUT2D eigenvalue weighted by atomic mass is 10.0. The first kappa shape index (κ1) is 41.9. The van der Waals surface area contributed by atoms with Gasteiger partial charge in [-0.25, -0.2) is 12.7 Å². The van der Waals surface area contributed by atoms with Gasteiger partial charge < -0.3 is 37.9 Å². The van der Waals surface area contributed by atoms with Gasteiger partial charge in [-0.2, -0.15) is 0 Å². The monoisotopic (exact) mass is 802 g/mol. The maximum absolute atomic E-state index is 12.9. The van der Waals surface area contributed by atoms with Gasteiger partial charge in [0.25, 0.3) is 0 Å². The summed E-state index contributed by atoms with van der Waals surface area (Å²) in [6.45, 7) is 5.13. The number of ether oxygens (including phenoxy) is 2. The first-order valence-electron chi connectivity index (χ1n) is 15.0. The molecule has 2 unspecified atom stereocenters. The molecule has 0 aliphatic carbocycles. The van der Waals surface area contributed by atoms with Crippen molar-refractivity contribution >= 4 is 38.5 Å². The van der Waals surface area contributed by atoms with Crippen LogP contribution in [0.25, 0.3) is 0 Å². The van der Waals surface area contributed by atoms with Crippen LogP contribution in [0.3, 0.4) is 0 Å². The molecule has 0 fully saturated rings. The molecule has 236 valence electrons. The Kier molecular flexibility index (Phi) is 27.2. The van der Waals surface area contributed by atoms with Gasteiger partial charge in [0.1, 0.15) is 4.11 Å². The molecule has 0 aliphatic rings. The third-order valence-corrected chi connectivity index (χ3v) is 9.66. The third kappa shape index (κ3) is 25.0. The molecule has 10 heteroatoms. The maximum atomic E-state index is 12.9. The molecule has 0 aromatic carbocycles. The van der Waals surface area contributed by atoms with Gasteiger partial charge >= 0.3 is 0 Å². The number of hydrogen-bond donors (Lipinski definition) is 0. The van der Waals surface area contributed by atoms with Crippen molar-refractivity contribution in [1.29, 1.82) is 0 Å². The summed E-state index contributed by atoms with van der Waals surface area (Å²) >= 11 is 2.32. The van der Waals surface area contributed by atoms with E-state index in [0.717, 1.165) is 23.7 Å². The van der Waals surface area contributed by atoms with Crippen LogP contribution in [0, 0.1) is 5.92 Å². The molecule has 39 heavy (non-hydrogen) atoms. The molecule has 2 atom stereocenters. The number of unbranched alkanes of at least 4 members (excludes halogenated alkanes) is 12. The first-order valence-corrected chi connectivity index (χ1v) is 17.8. The van der Waals surface area contributed by atoms with Crippen LogP contribution in [-0.4, -0.2) is 87.5 Å². The second kappa shape index (κ2) is 25.3. The number of halogens is 2. The molecule has 0 aromatic rings. The molecule has 0 bridgehead atoms. The highest BCUT2D eigenvalue weighted by atomic mass is 127. The van der Waals surface area contributed by atoms with E-state index in [-0.39, 0.29) is 46.3 Å². The van der Waals surface area contributed by atoms with Gasteiger partial charge in [-0.15, -0.1) is 0 Å². The van der Waals surface area contributed by atoms with Gasteiger partial charge in [0.2, 0.25) is 15.9 Å². The molecule has 1 amide bonds. The number of quaternary nitrogens is 1. The summed E-state index contributed by atoms with van der Waals surface area (Å²) in [5.74, 6) is -0.674. The van der Waals surface area contributed by atoms with E-state index in [2.05, 4.69) is 29.5 Å². The molecular formula is C29H60I2N2O5S. The predicted molar refractivity (Wildman–Crippen MR) is 168 cm³/mol. The molecule has 7 nitrogen and oxygen atoms in total. The molecule has 0 heterocycles. The normalized spacial score (nSPS) is 13.6. The first-order chi connectivity index (χ1) is 17.9. The highest BCUT2D eigenvalue weighted by Gasteiger charge is 2.28. The highest BCUT2D eigenvalue weighted by molar-refractivity contribution is 14.1. The minimum absolute atomic E-state index is 0. The number of carbonyl (C=O) groups is 1. The summed E-state index contributed by atoms with van der Waals surface area (Å²) in [4.78, 5) is 12.2. The van der Waals surface area contributed by atoms with Gasteiger partial charge in [-0.3, -0.25) is 4.79 Å². The summed E-state index contributed by atoms with van der Waals surface area (Å²) in [5.41, 5.74) is 0. The van der Waals surface area contributed by atoms with Crippen molar-refractivity contribution < 1.29 is 51.1 Å². The van der Waals surface area contributed by atoms with Crippen LogP contribution < -0.4 is 24.0 Å². The molecule has 0 saturated heterocycles. The van der Waals surface area contributed by atoms with E-state index in [1.54, 1.807) is 7.11 Å². The number of amides is 1. The molecule has 0 saturated carbocycles. The predicted octanol–water partition coefficient (Wildman–Crippen LogP) is 3.79. The number of hydrogen-bond acceptors (Lipinski definition) is 5. The Balaban J connectivity index is 0. The molecule has 0 radical (unpaired) electrons. The van der Waals surface area contributed by atoms with Crippen molar-refractivity contribution in [2.75, 3.05) is 60.3 Å². The van der Waals surface area contributed by atoms with E-state index < -0.39 is 15.9 Å². The van der Waals surface area contributed by atoms with Gasteiger partial charge in [-0.05, 0) is 6.42 Å². The Hall–Kier alpha value is 0.760. The van der Waals surface area contributed by atoms with Crippen molar-refractivity contribution in [3.63, 3.8) is 0 Å². The lowest BCUT2D eigenvalue weighted by Gasteiger charge is -2.28. The fourth-order valence-electron chi connectivity index (χ4n) is 4.54. The Labute approximate surface area is 272 Å². The molecule has 0 N–H and O–H groups in total. The molecule has 0 spiro atoms.